The van der Waals surface area contributed by atoms with Gasteiger partial charge in [-0.05, 0) is 32.8 Å². The molecule has 4 rings (SSSR count). The van der Waals surface area contributed by atoms with Crippen LogP contribution in [-0.2, 0) is 11.3 Å². The Labute approximate surface area is 181 Å². The molecule has 0 saturated carbocycles. The molecule has 6 nitrogen and oxygen atoms in total. The number of rotatable bonds is 3. The maximum absolute atomic E-state index is 9.99. The Morgan fingerprint density at radius 3 is 2.62 bits per heavy atom. The average Bonchev–Trinajstić information content (AvgIpc) is 2.99. The molecule has 0 bridgehead atoms. The van der Waals surface area contributed by atoms with Crippen LogP contribution < -0.4 is 10.6 Å². The lowest BCUT2D eigenvalue weighted by Crippen LogP contribution is -2.51. The highest BCUT2D eigenvalue weighted by molar-refractivity contribution is 6.43. The number of benzene rings is 1. The van der Waals surface area contributed by atoms with Crippen LogP contribution in [-0.4, -0.2) is 46.9 Å². The number of halogens is 2. The molecule has 2 atom stereocenters. The van der Waals surface area contributed by atoms with Crippen LogP contribution in [0.3, 0.4) is 0 Å². The van der Waals surface area contributed by atoms with Crippen LogP contribution in [0.4, 0.5) is 5.82 Å². The fourth-order valence-electron chi connectivity index (χ4n) is 4.48. The number of aliphatic hydroxyl groups is 1. The van der Waals surface area contributed by atoms with Gasteiger partial charge in [-0.2, -0.15) is 0 Å². The fourth-order valence-corrected chi connectivity index (χ4v) is 4.87. The number of piperidine rings is 1. The van der Waals surface area contributed by atoms with Gasteiger partial charge in [0.05, 0.1) is 40.8 Å². The Morgan fingerprint density at radius 1 is 1.28 bits per heavy atom. The van der Waals surface area contributed by atoms with Gasteiger partial charge in [0, 0.05) is 30.1 Å². The topological polar surface area (TPSA) is 84.5 Å². The second-order valence-corrected chi connectivity index (χ2v) is 8.86. The van der Waals surface area contributed by atoms with Gasteiger partial charge in [0.25, 0.3) is 0 Å². The molecule has 1 spiro atoms. The van der Waals surface area contributed by atoms with Gasteiger partial charge in [0.15, 0.2) is 5.82 Å². The van der Waals surface area contributed by atoms with E-state index in [4.69, 9.17) is 43.6 Å². The van der Waals surface area contributed by atoms with Crippen molar-refractivity contribution in [1.82, 2.24) is 9.97 Å². The molecule has 1 aromatic carbocycles. The smallest absolute Gasteiger partial charge is 0.153 e. The van der Waals surface area contributed by atoms with Crippen molar-refractivity contribution in [2.45, 2.75) is 45.4 Å². The second-order valence-electron chi connectivity index (χ2n) is 8.08. The zero-order valence-corrected chi connectivity index (χ0v) is 18.2. The molecule has 2 aromatic rings. The van der Waals surface area contributed by atoms with Gasteiger partial charge in [-0.25, -0.2) is 9.97 Å². The maximum Gasteiger partial charge on any atom is 0.153 e. The number of aliphatic hydroxyl groups excluding tert-OH is 1. The van der Waals surface area contributed by atoms with E-state index < -0.39 is 0 Å². The van der Waals surface area contributed by atoms with Gasteiger partial charge in [0.2, 0.25) is 0 Å². The van der Waals surface area contributed by atoms with E-state index in [-0.39, 0.29) is 24.2 Å². The summed E-state index contributed by atoms with van der Waals surface area (Å²) in [6.45, 7) is 6.08. The first kappa shape index (κ1) is 20.8. The summed E-state index contributed by atoms with van der Waals surface area (Å²) in [6.07, 6.45) is 1.97. The quantitative estimate of drug-likeness (QED) is 0.764. The molecule has 3 heterocycles. The van der Waals surface area contributed by atoms with Crippen LogP contribution in [0.25, 0.3) is 11.3 Å². The normalized spacial score (nSPS) is 23.7. The first-order valence-corrected chi connectivity index (χ1v) is 10.7. The van der Waals surface area contributed by atoms with E-state index in [1.807, 2.05) is 26.0 Å². The molecule has 29 heavy (non-hydrogen) atoms. The molecular formula is C21H26Cl2N4O2. The molecule has 2 fully saturated rings. The van der Waals surface area contributed by atoms with Crippen molar-refractivity contribution < 1.29 is 9.84 Å². The van der Waals surface area contributed by atoms with Gasteiger partial charge in [-0.3, -0.25) is 0 Å². The third kappa shape index (κ3) is 3.62. The summed E-state index contributed by atoms with van der Waals surface area (Å²) in [5.74, 6) is 0.724. The predicted octanol–water partition coefficient (Wildman–Crippen LogP) is 3.58. The summed E-state index contributed by atoms with van der Waals surface area (Å²) in [5.41, 5.74) is 9.10. The van der Waals surface area contributed by atoms with Gasteiger partial charge < -0.3 is 20.5 Å². The number of hydrogen-bond acceptors (Lipinski definition) is 6. The Hall–Kier alpha value is -1.44. The fraction of sp³-hybridized carbons (Fsp3) is 0.524. The molecule has 156 valence electrons. The lowest BCUT2D eigenvalue weighted by Gasteiger charge is -2.42. The monoisotopic (exact) mass is 436 g/mol. The van der Waals surface area contributed by atoms with Crippen molar-refractivity contribution in [2.24, 2.45) is 11.1 Å². The molecule has 2 aliphatic heterocycles. The van der Waals surface area contributed by atoms with Crippen molar-refractivity contribution in [3.8, 4) is 11.3 Å². The Morgan fingerprint density at radius 2 is 2.00 bits per heavy atom. The Bertz CT molecular complexity index is 916. The first-order valence-electron chi connectivity index (χ1n) is 9.91. The minimum atomic E-state index is -0.199. The molecule has 8 heteroatoms. The Balaban J connectivity index is 1.63. The molecule has 0 amide bonds. The Kier molecular flexibility index (Phi) is 5.75. The molecular weight excluding hydrogens is 411 g/mol. The van der Waals surface area contributed by atoms with Crippen LogP contribution in [0.5, 0.6) is 0 Å². The molecule has 2 unspecified atom stereocenters. The summed E-state index contributed by atoms with van der Waals surface area (Å²) in [4.78, 5) is 11.7. The van der Waals surface area contributed by atoms with E-state index in [2.05, 4.69) is 4.90 Å². The maximum atomic E-state index is 9.99. The highest BCUT2D eigenvalue weighted by Gasteiger charge is 2.47. The van der Waals surface area contributed by atoms with Crippen LogP contribution >= 0.6 is 23.2 Å². The largest absolute Gasteiger partial charge is 0.390 e. The summed E-state index contributed by atoms with van der Waals surface area (Å²) in [5, 5.41) is 10.9. The van der Waals surface area contributed by atoms with E-state index in [1.54, 1.807) is 6.07 Å². The molecule has 1 aromatic heterocycles. The van der Waals surface area contributed by atoms with Crippen molar-refractivity contribution in [3.63, 3.8) is 0 Å². The van der Waals surface area contributed by atoms with E-state index in [0.29, 0.717) is 33.6 Å². The van der Waals surface area contributed by atoms with Gasteiger partial charge in [-0.1, -0.05) is 35.3 Å². The molecule has 2 aliphatic rings. The number of aryl methyl sites for hydroxylation is 1. The zero-order valence-electron chi connectivity index (χ0n) is 16.7. The van der Waals surface area contributed by atoms with Crippen LogP contribution in [0.1, 0.15) is 31.2 Å². The van der Waals surface area contributed by atoms with Crippen molar-refractivity contribution in [2.75, 3.05) is 24.6 Å². The number of nitrogens with zero attached hydrogens (tertiary/aromatic N) is 3. The molecule has 0 aliphatic carbocycles. The highest BCUT2D eigenvalue weighted by atomic mass is 35.5. The van der Waals surface area contributed by atoms with Crippen LogP contribution in [0.2, 0.25) is 10.0 Å². The van der Waals surface area contributed by atoms with Crippen molar-refractivity contribution >= 4 is 29.0 Å². The average molecular weight is 437 g/mol. The van der Waals surface area contributed by atoms with Gasteiger partial charge >= 0.3 is 0 Å². The lowest BCUT2D eigenvalue weighted by atomic mass is 9.73. The van der Waals surface area contributed by atoms with Gasteiger partial charge in [-0.15, -0.1) is 0 Å². The van der Waals surface area contributed by atoms with Crippen LogP contribution in [0, 0.1) is 12.3 Å². The van der Waals surface area contributed by atoms with Crippen molar-refractivity contribution in [1.29, 1.82) is 0 Å². The summed E-state index contributed by atoms with van der Waals surface area (Å²) >= 11 is 12.5. The number of hydrogen-bond donors (Lipinski definition) is 2. The van der Waals surface area contributed by atoms with Gasteiger partial charge in [0.1, 0.15) is 5.69 Å². The summed E-state index contributed by atoms with van der Waals surface area (Å²) in [7, 11) is 0. The number of aromatic nitrogens is 2. The predicted molar refractivity (Wildman–Crippen MR) is 115 cm³/mol. The number of nitrogens with two attached hydrogens (primary N) is 1. The van der Waals surface area contributed by atoms with E-state index in [1.165, 1.54) is 0 Å². The highest BCUT2D eigenvalue weighted by Crippen LogP contribution is 2.42. The molecule has 2 saturated heterocycles. The van der Waals surface area contributed by atoms with E-state index in [9.17, 15) is 5.11 Å². The van der Waals surface area contributed by atoms with E-state index in [0.717, 1.165) is 37.4 Å². The zero-order chi connectivity index (χ0) is 20.8. The standard InChI is InChI=1S/C21H26Cl2N4O2/c1-12-18(14-4-3-5-15(22)17(14)23)26-16(10-28)20(25-12)27-8-6-21(7-9-27)11-29-13(2)19(21)24/h3-5,13,19,28H,6-11,24H2,1-2H3. The molecule has 0 radical (unpaired) electrons. The van der Waals surface area contributed by atoms with E-state index >= 15 is 0 Å². The SMILES string of the molecule is Cc1nc(N2CCC3(CC2)COC(C)C3N)c(CO)nc1-c1cccc(Cl)c1Cl. The minimum absolute atomic E-state index is 0.0338. The van der Waals surface area contributed by atoms with Crippen molar-refractivity contribution in [3.05, 3.63) is 39.6 Å². The summed E-state index contributed by atoms with van der Waals surface area (Å²) in [6, 6.07) is 5.48. The first-order chi connectivity index (χ1) is 13.9. The molecule has 3 N–H and O–H groups in total. The summed E-state index contributed by atoms with van der Waals surface area (Å²) < 4.78 is 5.81. The third-order valence-corrected chi connectivity index (χ3v) is 7.20. The third-order valence-electron chi connectivity index (χ3n) is 6.38. The minimum Gasteiger partial charge on any atom is -0.390 e. The number of ether oxygens (including phenoxy) is 1. The second kappa shape index (κ2) is 8.00. The number of anilines is 1. The lowest BCUT2D eigenvalue weighted by molar-refractivity contribution is 0.0973. The van der Waals surface area contributed by atoms with Crippen LogP contribution in [0.15, 0.2) is 18.2 Å².